The van der Waals surface area contributed by atoms with E-state index in [4.69, 9.17) is 0 Å². The fourth-order valence-electron chi connectivity index (χ4n) is 2.75. The zero-order chi connectivity index (χ0) is 12.3. The van der Waals surface area contributed by atoms with Gasteiger partial charge in [-0.25, -0.2) is 0 Å². The summed E-state index contributed by atoms with van der Waals surface area (Å²) in [6.45, 7) is 4.27. The normalized spacial score (nSPS) is 32.8. The molecule has 0 aliphatic carbocycles. The van der Waals surface area contributed by atoms with Crippen LogP contribution < -0.4 is 10.6 Å². The van der Waals surface area contributed by atoms with Crippen LogP contribution in [-0.2, 0) is 0 Å². The van der Waals surface area contributed by atoms with Crippen molar-refractivity contribution in [2.24, 2.45) is 0 Å². The molecule has 17 heavy (non-hydrogen) atoms. The summed E-state index contributed by atoms with van der Waals surface area (Å²) in [4.78, 5) is 0. The Balaban J connectivity index is 2.18. The monoisotopic (exact) mass is 229 g/mol. The molecule has 1 aromatic carbocycles. The van der Waals surface area contributed by atoms with Gasteiger partial charge >= 0.3 is 0 Å². The van der Waals surface area contributed by atoms with Crippen molar-refractivity contribution in [3.8, 4) is 6.07 Å². The predicted octanol–water partition coefficient (Wildman–Crippen LogP) is 2.52. The van der Waals surface area contributed by atoms with E-state index in [1.165, 1.54) is 0 Å². The van der Waals surface area contributed by atoms with E-state index in [0.717, 1.165) is 18.5 Å². The minimum Gasteiger partial charge on any atom is -0.367 e. The molecule has 1 aliphatic heterocycles. The Labute approximate surface area is 103 Å². The number of hydrogen-bond donors (Lipinski definition) is 2. The van der Waals surface area contributed by atoms with E-state index >= 15 is 0 Å². The molecule has 1 aliphatic rings. The van der Waals surface area contributed by atoms with Crippen LogP contribution in [0.2, 0.25) is 0 Å². The summed E-state index contributed by atoms with van der Waals surface area (Å²) in [5.74, 6) is 0. The van der Waals surface area contributed by atoms with Gasteiger partial charge < -0.3 is 10.6 Å². The molecule has 0 spiro atoms. The van der Waals surface area contributed by atoms with Crippen molar-refractivity contribution in [1.29, 1.82) is 5.26 Å². The lowest BCUT2D eigenvalue weighted by Gasteiger charge is -2.40. The number of rotatable bonds is 2. The molecule has 3 nitrogen and oxygen atoms in total. The average molecular weight is 229 g/mol. The molecule has 3 atom stereocenters. The molecule has 0 saturated carbocycles. The fourth-order valence-corrected chi connectivity index (χ4v) is 2.75. The van der Waals surface area contributed by atoms with Crippen molar-refractivity contribution < 1.29 is 0 Å². The third kappa shape index (κ3) is 2.78. The molecule has 1 heterocycles. The highest BCUT2D eigenvalue weighted by atomic mass is 15.1. The fraction of sp³-hybridized carbons (Fsp3) is 0.500. The Morgan fingerprint density at radius 3 is 2.35 bits per heavy atom. The van der Waals surface area contributed by atoms with Crippen LogP contribution in [0.1, 0.15) is 26.7 Å². The third-order valence-corrected chi connectivity index (χ3v) is 3.25. The number of nitrogens with one attached hydrogen (secondary N) is 2. The van der Waals surface area contributed by atoms with E-state index in [1.54, 1.807) is 0 Å². The van der Waals surface area contributed by atoms with Gasteiger partial charge in [0, 0.05) is 17.8 Å². The van der Waals surface area contributed by atoms with Gasteiger partial charge in [-0.1, -0.05) is 18.2 Å². The summed E-state index contributed by atoms with van der Waals surface area (Å²) in [6.07, 6.45) is 1.67. The maximum Gasteiger partial charge on any atom is 0.128 e. The molecule has 0 bridgehead atoms. The maximum atomic E-state index is 9.50. The van der Waals surface area contributed by atoms with E-state index in [1.807, 2.05) is 30.3 Å². The smallest absolute Gasteiger partial charge is 0.128 e. The number of anilines is 1. The van der Waals surface area contributed by atoms with Gasteiger partial charge in [0.05, 0.1) is 6.07 Å². The molecule has 0 radical (unpaired) electrons. The molecule has 2 rings (SSSR count). The number of hydrogen-bond acceptors (Lipinski definition) is 3. The lowest BCUT2D eigenvalue weighted by Crippen LogP contribution is -2.54. The Bertz CT molecular complexity index is 397. The Hall–Kier alpha value is -1.53. The predicted molar refractivity (Wildman–Crippen MR) is 69.7 cm³/mol. The SMILES string of the molecule is C[C@@H]1CC(C#N)(Nc2ccccc2)C[C@H](C)N1. The second-order valence-electron chi connectivity index (χ2n) is 5.06. The van der Waals surface area contributed by atoms with Crippen molar-refractivity contribution in [3.05, 3.63) is 30.3 Å². The van der Waals surface area contributed by atoms with Crippen molar-refractivity contribution in [2.45, 2.75) is 44.3 Å². The van der Waals surface area contributed by atoms with Crippen LogP contribution in [0.25, 0.3) is 0 Å². The van der Waals surface area contributed by atoms with Gasteiger partial charge in [0.1, 0.15) is 5.54 Å². The van der Waals surface area contributed by atoms with Gasteiger partial charge in [-0.15, -0.1) is 0 Å². The Morgan fingerprint density at radius 2 is 1.82 bits per heavy atom. The average Bonchev–Trinajstić information content (AvgIpc) is 2.29. The number of benzene rings is 1. The highest BCUT2D eigenvalue weighted by Crippen LogP contribution is 2.28. The second kappa shape index (κ2) is 4.77. The van der Waals surface area contributed by atoms with Crippen molar-refractivity contribution >= 4 is 5.69 Å². The van der Waals surface area contributed by atoms with Crippen LogP contribution >= 0.6 is 0 Å². The quantitative estimate of drug-likeness (QED) is 0.819. The molecule has 0 amide bonds. The first-order valence-electron chi connectivity index (χ1n) is 6.14. The first-order chi connectivity index (χ1) is 8.13. The molecule has 2 N–H and O–H groups in total. The van der Waals surface area contributed by atoms with Gasteiger partial charge in [0.2, 0.25) is 0 Å². The summed E-state index contributed by atoms with van der Waals surface area (Å²) in [5.41, 5.74) is 0.584. The molecule has 90 valence electrons. The maximum absolute atomic E-state index is 9.50. The number of piperidine rings is 1. The van der Waals surface area contributed by atoms with Crippen molar-refractivity contribution in [2.75, 3.05) is 5.32 Å². The minimum absolute atomic E-state index is 0.370. The van der Waals surface area contributed by atoms with Crippen LogP contribution in [-0.4, -0.2) is 17.6 Å². The molecule has 1 unspecified atom stereocenters. The van der Waals surface area contributed by atoms with Crippen molar-refractivity contribution in [3.63, 3.8) is 0 Å². The summed E-state index contributed by atoms with van der Waals surface area (Å²) >= 11 is 0. The summed E-state index contributed by atoms with van der Waals surface area (Å²) in [5, 5.41) is 16.4. The summed E-state index contributed by atoms with van der Waals surface area (Å²) in [7, 11) is 0. The summed E-state index contributed by atoms with van der Waals surface area (Å²) < 4.78 is 0. The lowest BCUT2D eigenvalue weighted by atomic mass is 9.82. The van der Waals surface area contributed by atoms with Gasteiger partial charge in [0.15, 0.2) is 0 Å². The zero-order valence-electron chi connectivity index (χ0n) is 10.4. The third-order valence-electron chi connectivity index (χ3n) is 3.25. The van der Waals surface area contributed by atoms with Crippen LogP contribution in [0.15, 0.2) is 30.3 Å². The largest absolute Gasteiger partial charge is 0.367 e. The first kappa shape index (κ1) is 11.9. The van der Waals surface area contributed by atoms with E-state index in [-0.39, 0.29) is 0 Å². The minimum atomic E-state index is -0.439. The molecule has 3 heteroatoms. The molecule has 1 saturated heterocycles. The highest BCUT2D eigenvalue weighted by molar-refractivity contribution is 5.47. The lowest BCUT2D eigenvalue weighted by molar-refractivity contribution is 0.286. The van der Waals surface area contributed by atoms with E-state index < -0.39 is 5.54 Å². The van der Waals surface area contributed by atoms with Gasteiger partial charge in [-0.2, -0.15) is 5.26 Å². The molecule has 0 aromatic heterocycles. The number of para-hydroxylation sites is 1. The number of nitriles is 1. The van der Waals surface area contributed by atoms with Gasteiger partial charge in [-0.3, -0.25) is 0 Å². The van der Waals surface area contributed by atoms with Crippen LogP contribution in [0.5, 0.6) is 0 Å². The van der Waals surface area contributed by atoms with Crippen LogP contribution in [0.3, 0.4) is 0 Å². The Kier molecular flexibility index (Phi) is 3.35. The molecule has 1 aromatic rings. The Morgan fingerprint density at radius 1 is 1.24 bits per heavy atom. The molecular weight excluding hydrogens is 210 g/mol. The second-order valence-corrected chi connectivity index (χ2v) is 5.06. The molecule has 1 fully saturated rings. The molecular formula is C14H19N3. The summed E-state index contributed by atoms with van der Waals surface area (Å²) in [6, 6.07) is 13.2. The first-order valence-corrected chi connectivity index (χ1v) is 6.14. The van der Waals surface area contributed by atoms with E-state index in [0.29, 0.717) is 12.1 Å². The van der Waals surface area contributed by atoms with Gasteiger partial charge in [-0.05, 0) is 38.8 Å². The van der Waals surface area contributed by atoms with E-state index in [9.17, 15) is 5.26 Å². The highest BCUT2D eigenvalue weighted by Gasteiger charge is 2.37. The standard InChI is InChI=1S/C14H19N3/c1-11-8-14(10-15,9-12(2)16-11)17-13-6-4-3-5-7-13/h3-7,11-12,16-17H,8-9H2,1-2H3/t11-,12+,14?. The van der Waals surface area contributed by atoms with Crippen LogP contribution in [0, 0.1) is 11.3 Å². The number of nitrogens with zero attached hydrogens (tertiary/aromatic N) is 1. The van der Waals surface area contributed by atoms with Gasteiger partial charge in [0.25, 0.3) is 0 Å². The van der Waals surface area contributed by atoms with Crippen LogP contribution in [0.4, 0.5) is 5.69 Å². The zero-order valence-corrected chi connectivity index (χ0v) is 10.4. The topological polar surface area (TPSA) is 47.9 Å². The van der Waals surface area contributed by atoms with E-state index in [2.05, 4.69) is 30.6 Å². The van der Waals surface area contributed by atoms with Crippen molar-refractivity contribution in [1.82, 2.24) is 5.32 Å².